The van der Waals surface area contributed by atoms with E-state index in [1.54, 1.807) is 6.26 Å². The lowest BCUT2D eigenvalue weighted by Crippen LogP contribution is -2.30. The molecule has 1 N–H and O–H groups in total. The summed E-state index contributed by atoms with van der Waals surface area (Å²) in [6.45, 7) is 2.23. The average molecular weight is 259 g/mol. The number of halogens is 1. The zero-order valence-corrected chi connectivity index (χ0v) is 9.88. The fourth-order valence-corrected chi connectivity index (χ4v) is 2.66. The second kappa shape index (κ2) is 3.70. The second-order valence-corrected chi connectivity index (χ2v) is 5.17. The zero-order valence-electron chi connectivity index (χ0n) is 8.29. The van der Waals surface area contributed by atoms with Gasteiger partial charge in [0.2, 0.25) is 0 Å². The molecule has 1 aliphatic carbocycles. The van der Waals surface area contributed by atoms with Crippen molar-refractivity contribution >= 4 is 15.9 Å². The Morgan fingerprint density at radius 1 is 1.50 bits per heavy atom. The number of hydrogen-bond acceptors (Lipinski definition) is 2. The molecular weight excluding hydrogens is 244 g/mol. The molecule has 0 aromatic carbocycles. The lowest BCUT2D eigenvalue weighted by atomic mass is 9.78. The predicted molar refractivity (Wildman–Crippen MR) is 57.9 cm³/mol. The first-order chi connectivity index (χ1) is 6.62. The minimum atomic E-state index is -0.741. The predicted octanol–water partition coefficient (Wildman–Crippen LogP) is 3.44. The van der Waals surface area contributed by atoms with Crippen molar-refractivity contribution in [3.63, 3.8) is 0 Å². The Morgan fingerprint density at radius 2 is 2.14 bits per heavy atom. The van der Waals surface area contributed by atoms with Crippen LogP contribution in [-0.2, 0) is 5.60 Å². The molecule has 14 heavy (non-hydrogen) atoms. The van der Waals surface area contributed by atoms with Crippen LogP contribution in [0.15, 0.2) is 21.2 Å². The quantitative estimate of drug-likeness (QED) is 0.838. The van der Waals surface area contributed by atoms with Crippen LogP contribution < -0.4 is 0 Å². The molecule has 0 atom stereocenters. The Bertz CT molecular complexity index is 311. The molecule has 0 unspecified atom stereocenters. The molecule has 1 fully saturated rings. The zero-order chi connectivity index (χ0) is 10.2. The Labute approximate surface area is 92.4 Å². The molecule has 0 radical (unpaired) electrons. The van der Waals surface area contributed by atoms with Crippen LogP contribution in [0.3, 0.4) is 0 Å². The summed E-state index contributed by atoms with van der Waals surface area (Å²) in [5, 5.41) is 10.4. The molecule has 0 aliphatic heterocycles. The van der Waals surface area contributed by atoms with E-state index in [0.717, 1.165) is 36.1 Å². The molecule has 1 aromatic heterocycles. The first kappa shape index (κ1) is 10.2. The van der Waals surface area contributed by atoms with E-state index in [1.807, 2.05) is 6.07 Å². The standard InChI is InChI=1S/C11H15BrO2/c1-8-2-5-11(13,6-3-8)10-9(12)4-7-14-10/h4,7-8,13H,2-3,5-6H2,1H3. The van der Waals surface area contributed by atoms with E-state index in [4.69, 9.17) is 4.42 Å². The smallest absolute Gasteiger partial charge is 0.149 e. The molecule has 2 rings (SSSR count). The van der Waals surface area contributed by atoms with Gasteiger partial charge in [0.15, 0.2) is 0 Å². The highest BCUT2D eigenvalue weighted by atomic mass is 79.9. The van der Waals surface area contributed by atoms with Crippen molar-refractivity contribution in [2.24, 2.45) is 5.92 Å². The molecule has 0 spiro atoms. The minimum absolute atomic E-state index is 0.699. The van der Waals surface area contributed by atoms with Gasteiger partial charge in [-0.1, -0.05) is 6.92 Å². The van der Waals surface area contributed by atoms with Gasteiger partial charge in [-0.15, -0.1) is 0 Å². The van der Waals surface area contributed by atoms with Crippen molar-refractivity contribution in [3.8, 4) is 0 Å². The maximum absolute atomic E-state index is 10.4. The molecule has 1 heterocycles. The van der Waals surface area contributed by atoms with Crippen molar-refractivity contribution in [1.29, 1.82) is 0 Å². The van der Waals surface area contributed by atoms with Crippen LogP contribution in [0.25, 0.3) is 0 Å². The Balaban J connectivity index is 2.21. The van der Waals surface area contributed by atoms with E-state index < -0.39 is 5.60 Å². The summed E-state index contributed by atoms with van der Waals surface area (Å²) >= 11 is 3.40. The molecule has 78 valence electrons. The van der Waals surface area contributed by atoms with E-state index in [1.165, 1.54) is 0 Å². The number of aliphatic hydroxyl groups is 1. The first-order valence-corrected chi connectivity index (χ1v) is 5.87. The maximum atomic E-state index is 10.4. The van der Waals surface area contributed by atoms with Crippen molar-refractivity contribution in [2.45, 2.75) is 38.2 Å². The summed E-state index contributed by atoms with van der Waals surface area (Å²) in [5.41, 5.74) is -0.741. The maximum Gasteiger partial charge on any atom is 0.149 e. The fraction of sp³-hybridized carbons (Fsp3) is 0.636. The van der Waals surface area contributed by atoms with Crippen molar-refractivity contribution in [2.75, 3.05) is 0 Å². The Kier molecular flexibility index (Phi) is 2.71. The van der Waals surface area contributed by atoms with Gasteiger partial charge in [-0.3, -0.25) is 0 Å². The van der Waals surface area contributed by atoms with E-state index in [0.29, 0.717) is 5.76 Å². The molecule has 1 aliphatic rings. The Hall–Kier alpha value is -0.280. The van der Waals surface area contributed by atoms with Crippen LogP contribution >= 0.6 is 15.9 Å². The third-order valence-corrected chi connectivity index (χ3v) is 3.77. The monoisotopic (exact) mass is 258 g/mol. The SMILES string of the molecule is CC1CCC(O)(c2occc2Br)CC1. The van der Waals surface area contributed by atoms with Crippen LogP contribution in [0.5, 0.6) is 0 Å². The summed E-state index contributed by atoms with van der Waals surface area (Å²) in [6, 6.07) is 1.84. The Morgan fingerprint density at radius 3 is 2.64 bits per heavy atom. The fourth-order valence-electron chi connectivity index (χ4n) is 2.09. The van der Waals surface area contributed by atoms with E-state index in [-0.39, 0.29) is 0 Å². The number of rotatable bonds is 1. The lowest BCUT2D eigenvalue weighted by molar-refractivity contribution is -0.0308. The van der Waals surface area contributed by atoms with Gasteiger partial charge in [-0.05, 0) is 53.6 Å². The van der Waals surface area contributed by atoms with Gasteiger partial charge in [-0.2, -0.15) is 0 Å². The van der Waals surface area contributed by atoms with Crippen LogP contribution in [-0.4, -0.2) is 5.11 Å². The molecule has 3 heteroatoms. The van der Waals surface area contributed by atoms with Crippen molar-refractivity contribution < 1.29 is 9.52 Å². The summed E-state index contributed by atoms with van der Waals surface area (Å²) in [6.07, 6.45) is 5.38. The number of furan rings is 1. The molecule has 0 bridgehead atoms. The molecule has 2 nitrogen and oxygen atoms in total. The van der Waals surface area contributed by atoms with Gasteiger partial charge in [-0.25, -0.2) is 0 Å². The van der Waals surface area contributed by atoms with Crippen molar-refractivity contribution in [1.82, 2.24) is 0 Å². The van der Waals surface area contributed by atoms with Gasteiger partial charge >= 0.3 is 0 Å². The first-order valence-electron chi connectivity index (χ1n) is 5.08. The molecule has 0 amide bonds. The molecular formula is C11H15BrO2. The lowest BCUT2D eigenvalue weighted by Gasteiger charge is -2.33. The third-order valence-electron chi connectivity index (χ3n) is 3.14. The van der Waals surface area contributed by atoms with Gasteiger partial charge in [0, 0.05) is 0 Å². The van der Waals surface area contributed by atoms with Gasteiger partial charge in [0.05, 0.1) is 10.7 Å². The van der Waals surface area contributed by atoms with Crippen LogP contribution in [0, 0.1) is 5.92 Å². The summed E-state index contributed by atoms with van der Waals surface area (Å²) in [5.74, 6) is 1.42. The minimum Gasteiger partial charge on any atom is -0.465 e. The van der Waals surface area contributed by atoms with Crippen LogP contribution in [0.1, 0.15) is 38.4 Å². The van der Waals surface area contributed by atoms with E-state index in [2.05, 4.69) is 22.9 Å². The van der Waals surface area contributed by atoms with Gasteiger partial charge in [0.1, 0.15) is 11.4 Å². The highest BCUT2D eigenvalue weighted by Gasteiger charge is 2.37. The third kappa shape index (κ3) is 1.75. The second-order valence-electron chi connectivity index (χ2n) is 4.31. The highest BCUT2D eigenvalue weighted by Crippen LogP contribution is 2.42. The normalized spacial score (nSPS) is 33.2. The summed E-state index contributed by atoms with van der Waals surface area (Å²) in [7, 11) is 0. The van der Waals surface area contributed by atoms with E-state index >= 15 is 0 Å². The van der Waals surface area contributed by atoms with E-state index in [9.17, 15) is 5.11 Å². The topological polar surface area (TPSA) is 33.4 Å². The summed E-state index contributed by atoms with van der Waals surface area (Å²) in [4.78, 5) is 0. The van der Waals surface area contributed by atoms with Crippen LogP contribution in [0.2, 0.25) is 0 Å². The molecule has 1 saturated carbocycles. The van der Waals surface area contributed by atoms with Gasteiger partial charge in [0.25, 0.3) is 0 Å². The molecule has 0 saturated heterocycles. The molecule has 1 aromatic rings. The largest absolute Gasteiger partial charge is 0.465 e. The van der Waals surface area contributed by atoms with Crippen molar-refractivity contribution in [3.05, 3.63) is 22.6 Å². The van der Waals surface area contributed by atoms with Crippen LogP contribution in [0.4, 0.5) is 0 Å². The van der Waals surface area contributed by atoms with Gasteiger partial charge < -0.3 is 9.52 Å². The average Bonchev–Trinajstić information content (AvgIpc) is 2.58. The summed E-state index contributed by atoms with van der Waals surface area (Å²) < 4.78 is 6.23. The number of hydrogen-bond donors (Lipinski definition) is 1. The highest BCUT2D eigenvalue weighted by molar-refractivity contribution is 9.10.